The van der Waals surface area contributed by atoms with Crippen LogP contribution in [0.3, 0.4) is 0 Å². The molecule has 154 valence electrons. The second kappa shape index (κ2) is 6.83. The summed E-state index contributed by atoms with van der Waals surface area (Å²) in [6, 6.07) is 7.53. The average molecular weight is 409 g/mol. The van der Waals surface area contributed by atoms with E-state index in [0.29, 0.717) is 22.4 Å². The SMILES string of the molecule is CC(C)[Si](C#Cc1ccc(OC23CC(C(F)(F)F)(C2)C3)cc1)(C(C)C)C(C)C. The van der Waals surface area contributed by atoms with Gasteiger partial charge in [-0.15, -0.1) is 5.54 Å². The molecule has 1 aromatic rings. The highest BCUT2D eigenvalue weighted by atomic mass is 28.3. The van der Waals surface area contributed by atoms with Crippen LogP contribution in [0.5, 0.6) is 5.75 Å². The Morgan fingerprint density at radius 1 is 0.893 bits per heavy atom. The van der Waals surface area contributed by atoms with Gasteiger partial charge in [0.1, 0.15) is 19.4 Å². The lowest BCUT2D eigenvalue weighted by Crippen LogP contribution is -2.74. The molecule has 0 N–H and O–H groups in total. The van der Waals surface area contributed by atoms with Crippen molar-refractivity contribution in [3.8, 4) is 17.2 Å². The Bertz CT molecular complexity index is 739. The van der Waals surface area contributed by atoms with E-state index in [2.05, 4.69) is 53.0 Å². The molecule has 1 aromatic carbocycles. The summed E-state index contributed by atoms with van der Waals surface area (Å²) in [5.74, 6) is 4.03. The van der Waals surface area contributed by atoms with Gasteiger partial charge in [0, 0.05) is 24.8 Å². The summed E-state index contributed by atoms with van der Waals surface area (Å²) in [6.45, 7) is 13.7. The van der Waals surface area contributed by atoms with Crippen molar-refractivity contribution in [1.82, 2.24) is 0 Å². The molecule has 3 aliphatic rings. The van der Waals surface area contributed by atoms with Crippen LogP contribution < -0.4 is 4.74 Å². The number of alkyl halides is 3. The highest BCUT2D eigenvalue weighted by Gasteiger charge is 2.80. The van der Waals surface area contributed by atoms with E-state index < -0.39 is 25.3 Å². The van der Waals surface area contributed by atoms with Gasteiger partial charge in [-0.05, 0) is 40.9 Å². The van der Waals surface area contributed by atoms with Crippen molar-refractivity contribution in [2.24, 2.45) is 5.41 Å². The second-order valence-corrected chi connectivity index (χ2v) is 15.3. The van der Waals surface area contributed by atoms with Gasteiger partial charge in [-0.2, -0.15) is 13.2 Å². The molecule has 0 heterocycles. The molecule has 0 atom stereocenters. The van der Waals surface area contributed by atoms with Crippen LogP contribution in [0.4, 0.5) is 13.2 Å². The number of ether oxygens (including phenoxy) is 1. The minimum Gasteiger partial charge on any atom is -0.487 e. The second-order valence-electron chi connectivity index (χ2n) is 9.76. The Labute approximate surface area is 168 Å². The van der Waals surface area contributed by atoms with Crippen molar-refractivity contribution in [3.63, 3.8) is 0 Å². The van der Waals surface area contributed by atoms with Crippen molar-refractivity contribution in [2.75, 3.05) is 0 Å². The molecule has 0 spiro atoms. The predicted molar refractivity (Wildman–Crippen MR) is 110 cm³/mol. The standard InChI is InChI=1S/C23H31F3OSi/c1-16(2)28(17(3)4,18(5)6)12-11-19-7-9-20(10-8-19)27-22-13-21(14-22,15-22)23(24,25)26/h7-10,16-18H,13-15H2,1-6H3. The molecule has 3 saturated carbocycles. The van der Waals surface area contributed by atoms with Gasteiger partial charge in [-0.25, -0.2) is 0 Å². The third kappa shape index (κ3) is 3.28. The van der Waals surface area contributed by atoms with Crippen molar-refractivity contribution in [3.05, 3.63) is 29.8 Å². The lowest BCUT2D eigenvalue weighted by atomic mass is 9.40. The van der Waals surface area contributed by atoms with Crippen LogP contribution in [-0.4, -0.2) is 19.9 Å². The summed E-state index contributed by atoms with van der Waals surface area (Å²) < 4.78 is 44.8. The van der Waals surface area contributed by atoms with E-state index in [1.165, 1.54) is 0 Å². The maximum absolute atomic E-state index is 13.0. The summed E-state index contributed by atoms with van der Waals surface area (Å²) in [6.07, 6.45) is -3.82. The average Bonchev–Trinajstić information content (AvgIpc) is 2.49. The zero-order chi connectivity index (χ0) is 21.0. The molecular weight excluding hydrogens is 377 g/mol. The minimum atomic E-state index is -4.10. The first-order chi connectivity index (χ1) is 12.9. The lowest BCUT2D eigenvalue weighted by Gasteiger charge is -2.69. The summed E-state index contributed by atoms with van der Waals surface area (Å²) in [4.78, 5) is 0. The summed E-state index contributed by atoms with van der Waals surface area (Å²) in [7, 11) is -1.78. The van der Waals surface area contributed by atoms with E-state index in [1.807, 2.05) is 24.3 Å². The van der Waals surface area contributed by atoms with Crippen LogP contribution in [0.25, 0.3) is 0 Å². The third-order valence-electron chi connectivity index (χ3n) is 7.06. The molecule has 0 aromatic heterocycles. The first-order valence-electron chi connectivity index (χ1n) is 10.2. The normalized spacial score (nSPS) is 26.6. The Morgan fingerprint density at radius 3 is 1.75 bits per heavy atom. The summed E-state index contributed by atoms with van der Waals surface area (Å²) in [5, 5.41) is 0. The highest BCUT2D eigenvalue weighted by molar-refractivity contribution is 6.90. The predicted octanol–water partition coefficient (Wildman–Crippen LogP) is 7.12. The van der Waals surface area contributed by atoms with Crippen molar-refractivity contribution in [1.29, 1.82) is 0 Å². The van der Waals surface area contributed by atoms with Crippen LogP contribution in [-0.2, 0) is 0 Å². The summed E-state index contributed by atoms with van der Waals surface area (Å²) in [5.41, 5.74) is 4.29. The quantitative estimate of drug-likeness (QED) is 0.372. The molecule has 0 amide bonds. The van der Waals surface area contributed by atoms with Gasteiger partial charge < -0.3 is 4.74 Å². The molecule has 5 heteroatoms. The van der Waals surface area contributed by atoms with Crippen LogP contribution in [0.1, 0.15) is 66.4 Å². The summed E-state index contributed by atoms with van der Waals surface area (Å²) >= 11 is 0. The first-order valence-corrected chi connectivity index (χ1v) is 12.5. The number of rotatable bonds is 5. The maximum atomic E-state index is 13.0. The van der Waals surface area contributed by atoms with Gasteiger partial charge in [0.15, 0.2) is 0 Å². The van der Waals surface area contributed by atoms with E-state index in [1.54, 1.807) is 0 Å². The molecule has 4 rings (SSSR count). The molecular formula is C23H31F3OSi. The van der Waals surface area contributed by atoms with Crippen molar-refractivity contribution >= 4 is 8.07 Å². The van der Waals surface area contributed by atoms with E-state index in [9.17, 15) is 13.2 Å². The van der Waals surface area contributed by atoms with Gasteiger partial charge >= 0.3 is 6.18 Å². The fraction of sp³-hybridized carbons (Fsp3) is 0.652. The zero-order valence-electron chi connectivity index (χ0n) is 17.7. The largest absolute Gasteiger partial charge is 0.487 e. The number of benzene rings is 1. The molecule has 3 aliphatic carbocycles. The number of hydrogen-bond acceptors (Lipinski definition) is 1. The van der Waals surface area contributed by atoms with Crippen molar-refractivity contribution in [2.45, 2.75) is 89.2 Å². The molecule has 0 aliphatic heterocycles. The lowest BCUT2D eigenvalue weighted by molar-refractivity contribution is -0.373. The molecule has 0 unspecified atom stereocenters. The minimum absolute atomic E-state index is 0.0936. The van der Waals surface area contributed by atoms with E-state index in [-0.39, 0.29) is 19.3 Å². The van der Waals surface area contributed by atoms with E-state index in [4.69, 9.17) is 4.74 Å². The van der Waals surface area contributed by atoms with Crippen LogP contribution in [0, 0.1) is 16.9 Å². The van der Waals surface area contributed by atoms with Gasteiger partial charge in [0.05, 0.1) is 5.41 Å². The number of halogens is 3. The molecule has 28 heavy (non-hydrogen) atoms. The maximum Gasteiger partial charge on any atom is 0.394 e. The van der Waals surface area contributed by atoms with Crippen LogP contribution in [0.2, 0.25) is 16.6 Å². The van der Waals surface area contributed by atoms with Gasteiger partial charge in [0.2, 0.25) is 0 Å². The fourth-order valence-electron chi connectivity index (χ4n) is 5.57. The third-order valence-corrected chi connectivity index (χ3v) is 13.4. The van der Waals surface area contributed by atoms with E-state index in [0.717, 1.165) is 5.56 Å². The molecule has 2 bridgehead atoms. The van der Waals surface area contributed by atoms with Gasteiger partial charge in [0.25, 0.3) is 0 Å². The molecule has 1 nitrogen and oxygen atoms in total. The number of hydrogen-bond donors (Lipinski definition) is 0. The van der Waals surface area contributed by atoms with Gasteiger partial charge in [-0.1, -0.05) is 47.5 Å². The van der Waals surface area contributed by atoms with Crippen molar-refractivity contribution < 1.29 is 17.9 Å². The fourth-order valence-corrected chi connectivity index (χ4v) is 10.8. The van der Waals surface area contributed by atoms with E-state index >= 15 is 0 Å². The smallest absolute Gasteiger partial charge is 0.394 e. The van der Waals surface area contributed by atoms with Crippen LogP contribution in [0.15, 0.2) is 24.3 Å². The van der Waals surface area contributed by atoms with Gasteiger partial charge in [-0.3, -0.25) is 0 Å². The highest BCUT2D eigenvalue weighted by Crippen LogP contribution is 2.74. The Kier molecular flexibility index (Phi) is 5.20. The molecule has 0 radical (unpaired) electrons. The Balaban J connectivity index is 1.69. The Hall–Kier alpha value is -1.41. The molecule has 3 fully saturated rings. The molecule has 0 saturated heterocycles. The first kappa shape index (κ1) is 21.3. The topological polar surface area (TPSA) is 9.23 Å². The Morgan fingerprint density at radius 2 is 1.36 bits per heavy atom. The zero-order valence-corrected chi connectivity index (χ0v) is 18.7. The van der Waals surface area contributed by atoms with Crippen LogP contribution >= 0.6 is 0 Å². The monoisotopic (exact) mass is 408 g/mol.